The lowest BCUT2D eigenvalue weighted by Gasteiger charge is -2.08. The number of benzene rings is 2. The van der Waals surface area contributed by atoms with Gasteiger partial charge < -0.3 is 15.4 Å². The Morgan fingerprint density at radius 3 is 2.88 bits per heavy atom. The van der Waals surface area contributed by atoms with Crippen LogP contribution in [0, 0.1) is 0 Å². The van der Waals surface area contributed by atoms with E-state index < -0.39 is 0 Å². The lowest BCUT2D eigenvalue weighted by molar-refractivity contribution is 0.0950. The number of para-hydroxylation sites is 1. The van der Waals surface area contributed by atoms with Crippen molar-refractivity contribution in [1.82, 2.24) is 10.3 Å². The number of nitrogens with zero attached hydrogens (tertiary/aromatic N) is 1. The summed E-state index contributed by atoms with van der Waals surface area (Å²) in [5.41, 5.74) is 2.27. The minimum Gasteiger partial charge on any atom is -0.496 e. The third-order valence-electron chi connectivity index (χ3n) is 3.69. The summed E-state index contributed by atoms with van der Waals surface area (Å²) in [7, 11) is 1.64. The highest BCUT2D eigenvalue weighted by Gasteiger charge is 2.11. The molecule has 2 N–H and O–H groups in total. The molecule has 1 heterocycles. The Hall–Kier alpha value is -2.57. The van der Waals surface area contributed by atoms with Gasteiger partial charge in [-0.1, -0.05) is 35.9 Å². The molecule has 26 heavy (non-hydrogen) atoms. The predicted molar refractivity (Wildman–Crippen MR) is 106 cm³/mol. The first-order valence-corrected chi connectivity index (χ1v) is 9.29. The minimum absolute atomic E-state index is 0.199. The number of methoxy groups -OCH3 is 1. The fourth-order valence-electron chi connectivity index (χ4n) is 2.44. The molecule has 1 aromatic heterocycles. The Labute approximate surface area is 161 Å². The molecule has 0 aliphatic rings. The zero-order valence-electron chi connectivity index (χ0n) is 14.2. The van der Waals surface area contributed by atoms with E-state index in [1.165, 1.54) is 11.3 Å². The third kappa shape index (κ3) is 4.74. The maximum atomic E-state index is 12.3. The van der Waals surface area contributed by atoms with E-state index in [0.717, 1.165) is 17.0 Å². The van der Waals surface area contributed by atoms with Gasteiger partial charge in [0.1, 0.15) is 11.4 Å². The Bertz CT molecular complexity index is 898. The van der Waals surface area contributed by atoms with Gasteiger partial charge in [0.05, 0.1) is 7.11 Å². The van der Waals surface area contributed by atoms with Crippen molar-refractivity contribution in [3.05, 3.63) is 70.2 Å². The molecule has 3 rings (SSSR count). The van der Waals surface area contributed by atoms with E-state index in [9.17, 15) is 4.79 Å². The van der Waals surface area contributed by atoms with E-state index in [0.29, 0.717) is 28.8 Å². The smallest absolute Gasteiger partial charge is 0.270 e. The lowest BCUT2D eigenvalue weighted by Crippen LogP contribution is -2.26. The van der Waals surface area contributed by atoms with Crippen LogP contribution in [0.15, 0.2) is 53.9 Å². The van der Waals surface area contributed by atoms with E-state index >= 15 is 0 Å². The van der Waals surface area contributed by atoms with E-state index in [1.54, 1.807) is 24.6 Å². The SMILES string of the molecule is COc1ccccc1CCNC(=O)c1csc(Nc2cccc(Cl)c2)n1. The highest BCUT2D eigenvalue weighted by molar-refractivity contribution is 7.14. The van der Waals surface area contributed by atoms with Gasteiger partial charge in [0.2, 0.25) is 0 Å². The van der Waals surface area contributed by atoms with Crippen molar-refractivity contribution >= 4 is 39.7 Å². The third-order valence-corrected chi connectivity index (χ3v) is 4.68. The van der Waals surface area contributed by atoms with Gasteiger partial charge >= 0.3 is 0 Å². The first-order chi connectivity index (χ1) is 12.7. The van der Waals surface area contributed by atoms with Gasteiger partial charge in [-0.05, 0) is 36.2 Å². The van der Waals surface area contributed by atoms with Gasteiger partial charge in [-0.3, -0.25) is 4.79 Å². The topological polar surface area (TPSA) is 63.2 Å². The first kappa shape index (κ1) is 18.2. The summed E-state index contributed by atoms with van der Waals surface area (Å²) >= 11 is 7.33. The number of hydrogen-bond donors (Lipinski definition) is 2. The summed E-state index contributed by atoms with van der Waals surface area (Å²) in [5, 5.41) is 9.04. The molecule has 0 bridgehead atoms. The standard InChI is InChI=1S/C19H18ClN3O2S/c1-25-17-8-3-2-5-13(17)9-10-21-18(24)16-12-26-19(23-16)22-15-7-4-6-14(20)11-15/h2-8,11-12H,9-10H2,1H3,(H,21,24)(H,22,23). The highest BCUT2D eigenvalue weighted by Crippen LogP contribution is 2.23. The Kier molecular flexibility index (Phi) is 6.09. The van der Waals surface area contributed by atoms with Crippen LogP contribution in [0.1, 0.15) is 16.1 Å². The summed E-state index contributed by atoms with van der Waals surface area (Å²) in [4.78, 5) is 16.6. The molecule has 0 aliphatic heterocycles. The monoisotopic (exact) mass is 387 g/mol. The molecule has 7 heteroatoms. The highest BCUT2D eigenvalue weighted by atomic mass is 35.5. The van der Waals surface area contributed by atoms with Gasteiger partial charge in [-0.15, -0.1) is 11.3 Å². The van der Waals surface area contributed by atoms with Crippen molar-refractivity contribution in [3.8, 4) is 5.75 Å². The Morgan fingerprint density at radius 1 is 1.23 bits per heavy atom. The summed E-state index contributed by atoms with van der Waals surface area (Å²) in [5.74, 6) is 0.624. The van der Waals surface area contributed by atoms with Crippen molar-refractivity contribution in [1.29, 1.82) is 0 Å². The molecule has 3 aromatic rings. The van der Waals surface area contributed by atoms with Crippen LogP contribution in [-0.4, -0.2) is 24.5 Å². The van der Waals surface area contributed by atoms with E-state index in [2.05, 4.69) is 15.6 Å². The second-order valence-electron chi connectivity index (χ2n) is 5.49. The molecular weight excluding hydrogens is 370 g/mol. The van der Waals surface area contributed by atoms with Gasteiger partial charge in [0.25, 0.3) is 5.91 Å². The molecular formula is C19H18ClN3O2S. The quantitative estimate of drug-likeness (QED) is 0.625. The largest absolute Gasteiger partial charge is 0.496 e. The van der Waals surface area contributed by atoms with Crippen molar-refractivity contribution in [3.63, 3.8) is 0 Å². The van der Waals surface area contributed by atoms with Crippen LogP contribution < -0.4 is 15.4 Å². The summed E-state index contributed by atoms with van der Waals surface area (Å²) in [6, 6.07) is 15.1. The van der Waals surface area contributed by atoms with E-state index in [-0.39, 0.29) is 5.91 Å². The van der Waals surface area contributed by atoms with Crippen LogP contribution in [0.25, 0.3) is 0 Å². The van der Waals surface area contributed by atoms with Crippen LogP contribution >= 0.6 is 22.9 Å². The van der Waals surface area contributed by atoms with Crippen molar-refractivity contribution in [2.45, 2.75) is 6.42 Å². The number of amides is 1. The molecule has 0 radical (unpaired) electrons. The van der Waals surface area contributed by atoms with Crippen LogP contribution in [0.5, 0.6) is 5.75 Å². The van der Waals surface area contributed by atoms with Gasteiger partial charge in [-0.25, -0.2) is 4.98 Å². The maximum Gasteiger partial charge on any atom is 0.270 e. The number of halogens is 1. The van der Waals surface area contributed by atoms with Gasteiger partial charge in [0, 0.05) is 22.6 Å². The molecule has 0 atom stereocenters. The molecule has 0 fully saturated rings. The molecule has 0 saturated carbocycles. The molecule has 0 saturated heterocycles. The first-order valence-electron chi connectivity index (χ1n) is 8.04. The van der Waals surface area contributed by atoms with Crippen LogP contribution in [-0.2, 0) is 6.42 Å². The van der Waals surface area contributed by atoms with Crippen molar-refractivity contribution in [2.24, 2.45) is 0 Å². The second-order valence-corrected chi connectivity index (χ2v) is 6.79. The Balaban J connectivity index is 1.55. The molecule has 5 nitrogen and oxygen atoms in total. The summed E-state index contributed by atoms with van der Waals surface area (Å²) < 4.78 is 5.31. The normalized spacial score (nSPS) is 10.4. The number of thiazole rings is 1. The van der Waals surface area contributed by atoms with Crippen LogP contribution in [0.2, 0.25) is 5.02 Å². The molecule has 0 aliphatic carbocycles. The molecule has 0 spiro atoms. The fraction of sp³-hybridized carbons (Fsp3) is 0.158. The van der Waals surface area contributed by atoms with Gasteiger partial charge in [-0.2, -0.15) is 0 Å². The summed E-state index contributed by atoms with van der Waals surface area (Å²) in [6.45, 7) is 0.508. The van der Waals surface area contributed by atoms with Crippen molar-refractivity contribution in [2.75, 3.05) is 19.0 Å². The number of carbonyl (C=O) groups is 1. The number of nitrogens with one attached hydrogen (secondary N) is 2. The lowest BCUT2D eigenvalue weighted by atomic mass is 10.1. The van der Waals surface area contributed by atoms with E-state index in [4.69, 9.17) is 16.3 Å². The molecule has 0 unspecified atom stereocenters. The average molecular weight is 388 g/mol. The van der Waals surface area contributed by atoms with Crippen LogP contribution in [0.4, 0.5) is 10.8 Å². The summed E-state index contributed by atoms with van der Waals surface area (Å²) in [6.07, 6.45) is 0.688. The zero-order valence-corrected chi connectivity index (χ0v) is 15.7. The fourth-order valence-corrected chi connectivity index (χ4v) is 3.34. The molecule has 1 amide bonds. The number of rotatable bonds is 7. The minimum atomic E-state index is -0.199. The number of carbonyl (C=O) groups excluding carboxylic acids is 1. The molecule has 2 aromatic carbocycles. The van der Waals surface area contributed by atoms with E-state index in [1.807, 2.05) is 36.4 Å². The number of hydrogen-bond acceptors (Lipinski definition) is 5. The predicted octanol–water partition coefficient (Wildman–Crippen LogP) is 4.52. The number of aromatic nitrogens is 1. The van der Waals surface area contributed by atoms with Crippen molar-refractivity contribution < 1.29 is 9.53 Å². The van der Waals surface area contributed by atoms with Crippen LogP contribution in [0.3, 0.4) is 0 Å². The Morgan fingerprint density at radius 2 is 2.08 bits per heavy atom. The second kappa shape index (κ2) is 8.69. The van der Waals surface area contributed by atoms with Gasteiger partial charge in [0.15, 0.2) is 5.13 Å². The molecule has 134 valence electrons. The number of ether oxygens (including phenoxy) is 1. The maximum absolute atomic E-state index is 12.3. The number of anilines is 2. The zero-order chi connectivity index (χ0) is 18.4. The average Bonchev–Trinajstić information content (AvgIpc) is 3.10.